The highest BCUT2D eigenvalue weighted by molar-refractivity contribution is 5.27. The third kappa shape index (κ3) is 4.67. The summed E-state index contributed by atoms with van der Waals surface area (Å²) in [7, 11) is 0. The Morgan fingerprint density at radius 2 is 2.06 bits per heavy atom. The molecule has 2 rings (SSSR count). The van der Waals surface area contributed by atoms with Gasteiger partial charge in [0, 0.05) is 0 Å². The van der Waals surface area contributed by atoms with Gasteiger partial charge >= 0.3 is 0 Å². The number of piperazine rings is 1. The van der Waals surface area contributed by atoms with Gasteiger partial charge in [-0.1, -0.05) is 12.1 Å². The predicted molar refractivity (Wildman–Crippen MR) is 73.1 cm³/mol. The van der Waals surface area contributed by atoms with Crippen LogP contribution in [-0.2, 0) is 0 Å². The molecular weight excluding hydrogens is 224 g/mol. The van der Waals surface area contributed by atoms with E-state index in [1.54, 1.807) is 4.90 Å². The van der Waals surface area contributed by atoms with Crippen LogP contribution in [0.3, 0.4) is 0 Å². The molecule has 18 heavy (non-hydrogen) atoms. The molecular formula is C15H26N2O+2. The topological polar surface area (TPSA) is 30.3 Å². The summed E-state index contributed by atoms with van der Waals surface area (Å²) < 4.78 is 5.76. The first-order chi connectivity index (χ1) is 8.84. The summed E-state index contributed by atoms with van der Waals surface area (Å²) in [5, 5.41) is 2.42. The Bertz CT molecular complexity index is 348. The van der Waals surface area contributed by atoms with Gasteiger partial charge in [-0.05, 0) is 37.5 Å². The fourth-order valence-corrected chi connectivity index (χ4v) is 2.50. The number of aryl methyl sites for hydroxylation is 1. The normalized spacial score (nSPS) is 16.7. The summed E-state index contributed by atoms with van der Waals surface area (Å²) >= 11 is 0. The molecule has 1 aromatic carbocycles. The number of hydrogen-bond donors (Lipinski definition) is 2. The lowest BCUT2D eigenvalue weighted by Gasteiger charge is -2.21. The summed E-state index contributed by atoms with van der Waals surface area (Å²) in [6, 6.07) is 8.30. The van der Waals surface area contributed by atoms with Gasteiger partial charge in [-0.15, -0.1) is 0 Å². The average molecular weight is 250 g/mol. The highest BCUT2D eigenvalue weighted by Crippen LogP contribution is 2.12. The SMILES string of the molecule is Cc1cccc(OCCCC[NH+]2CC[NH2+]CC2)c1. The van der Waals surface area contributed by atoms with Crippen LogP contribution in [-0.4, -0.2) is 39.3 Å². The molecule has 0 amide bonds. The van der Waals surface area contributed by atoms with E-state index in [4.69, 9.17) is 4.74 Å². The van der Waals surface area contributed by atoms with E-state index in [1.807, 2.05) is 6.07 Å². The maximum Gasteiger partial charge on any atom is 0.127 e. The van der Waals surface area contributed by atoms with Crippen molar-refractivity contribution in [3.05, 3.63) is 29.8 Å². The summed E-state index contributed by atoms with van der Waals surface area (Å²) in [4.78, 5) is 1.77. The van der Waals surface area contributed by atoms with Crippen molar-refractivity contribution in [2.45, 2.75) is 19.8 Å². The van der Waals surface area contributed by atoms with E-state index >= 15 is 0 Å². The number of ether oxygens (including phenoxy) is 1. The lowest BCUT2D eigenvalue weighted by Crippen LogP contribution is -3.20. The molecule has 1 aromatic rings. The third-order valence-electron chi connectivity index (χ3n) is 3.59. The Labute approximate surface area is 110 Å². The van der Waals surface area contributed by atoms with Crippen molar-refractivity contribution in [1.82, 2.24) is 0 Å². The number of hydrogen-bond acceptors (Lipinski definition) is 1. The summed E-state index contributed by atoms with van der Waals surface area (Å²) in [5.41, 5.74) is 1.27. The molecule has 1 heterocycles. The Balaban J connectivity index is 1.55. The van der Waals surface area contributed by atoms with Crippen LogP contribution in [0.2, 0.25) is 0 Å². The molecule has 0 unspecified atom stereocenters. The molecule has 1 fully saturated rings. The van der Waals surface area contributed by atoms with Crippen molar-refractivity contribution in [3.63, 3.8) is 0 Å². The third-order valence-corrected chi connectivity index (χ3v) is 3.59. The van der Waals surface area contributed by atoms with Gasteiger partial charge in [0.15, 0.2) is 0 Å². The predicted octanol–water partition coefficient (Wildman–Crippen LogP) is -0.384. The lowest BCUT2D eigenvalue weighted by atomic mass is 10.2. The van der Waals surface area contributed by atoms with E-state index in [1.165, 1.54) is 51.1 Å². The van der Waals surface area contributed by atoms with Crippen LogP contribution in [0.4, 0.5) is 0 Å². The van der Waals surface area contributed by atoms with Gasteiger partial charge in [-0.2, -0.15) is 0 Å². The van der Waals surface area contributed by atoms with Crippen LogP contribution < -0.4 is 15.0 Å². The lowest BCUT2D eigenvalue weighted by molar-refractivity contribution is -0.946. The van der Waals surface area contributed by atoms with Crippen LogP contribution >= 0.6 is 0 Å². The van der Waals surface area contributed by atoms with Crippen LogP contribution in [0.15, 0.2) is 24.3 Å². The fraction of sp³-hybridized carbons (Fsp3) is 0.600. The van der Waals surface area contributed by atoms with E-state index < -0.39 is 0 Å². The van der Waals surface area contributed by atoms with Gasteiger partial charge in [0.1, 0.15) is 31.9 Å². The molecule has 0 atom stereocenters. The zero-order chi connectivity index (χ0) is 12.6. The summed E-state index contributed by atoms with van der Waals surface area (Å²) in [6.45, 7) is 9.53. The molecule has 100 valence electrons. The van der Waals surface area contributed by atoms with E-state index in [0.717, 1.165) is 12.4 Å². The second-order valence-electron chi connectivity index (χ2n) is 5.24. The van der Waals surface area contributed by atoms with Gasteiger partial charge in [0.2, 0.25) is 0 Å². The highest BCUT2D eigenvalue weighted by atomic mass is 16.5. The number of quaternary nitrogens is 2. The molecule has 1 aliphatic heterocycles. The number of benzene rings is 1. The Morgan fingerprint density at radius 1 is 1.22 bits per heavy atom. The van der Waals surface area contributed by atoms with Gasteiger partial charge in [-0.25, -0.2) is 0 Å². The Kier molecular flexibility index (Phi) is 5.49. The largest absolute Gasteiger partial charge is 0.494 e. The van der Waals surface area contributed by atoms with Crippen molar-refractivity contribution in [1.29, 1.82) is 0 Å². The second-order valence-corrected chi connectivity index (χ2v) is 5.24. The van der Waals surface area contributed by atoms with E-state index in [9.17, 15) is 0 Å². The van der Waals surface area contributed by atoms with Crippen LogP contribution in [0.1, 0.15) is 18.4 Å². The maximum absolute atomic E-state index is 5.76. The van der Waals surface area contributed by atoms with Crippen LogP contribution in [0, 0.1) is 6.92 Å². The first-order valence-corrected chi connectivity index (χ1v) is 7.19. The minimum atomic E-state index is 0.850. The smallest absolute Gasteiger partial charge is 0.127 e. The van der Waals surface area contributed by atoms with Crippen LogP contribution in [0.25, 0.3) is 0 Å². The summed E-state index contributed by atoms with van der Waals surface area (Å²) in [5.74, 6) is 1.01. The van der Waals surface area contributed by atoms with Gasteiger partial charge in [-0.3, -0.25) is 0 Å². The molecule has 0 saturated carbocycles. The monoisotopic (exact) mass is 250 g/mol. The average Bonchev–Trinajstić information content (AvgIpc) is 2.40. The molecule has 3 nitrogen and oxygen atoms in total. The highest BCUT2D eigenvalue weighted by Gasteiger charge is 2.14. The molecule has 1 saturated heterocycles. The van der Waals surface area contributed by atoms with Crippen molar-refractivity contribution in [3.8, 4) is 5.75 Å². The van der Waals surface area contributed by atoms with Crippen LogP contribution in [0.5, 0.6) is 5.75 Å². The van der Waals surface area contributed by atoms with E-state index in [0.29, 0.717) is 0 Å². The first kappa shape index (κ1) is 13.4. The molecule has 0 aromatic heterocycles. The molecule has 1 aliphatic rings. The number of rotatable bonds is 6. The zero-order valence-electron chi connectivity index (χ0n) is 11.5. The molecule has 3 heteroatoms. The molecule has 0 radical (unpaired) electrons. The number of nitrogens with two attached hydrogens (primary N) is 1. The van der Waals surface area contributed by atoms with Crippen molar-refractivity contribution >= 4 is 0 Å². The quantitative estimate of drug-likeness (QED) is 0.662. The fourth-order valence-electron chi connectivity index (χ4n) is 2.50. The number of unbranched alkanes of at least 4 members (excludes halogenated alkanes) is 1. The van der Waals surface area contributed by atoms with E-state index in [2.05, 4.69) is 30.4 Å². The molecule has 0 aliphatic carbocycles. The maximum atomic E-state index is 5.76. The minimum Gasteiger partial charge on any atom is -0.494 e. The standard InChI is InChI=1S/C15H24N2O/c1-14-5-4-6-15(13-14)18-12-3-2-9-17-10-7-16-8-11-17/h4-6,13,16H,2-3,7-12H2,1H3/p+2. The minimum absolute atomic E-state index is 0.850. The molecule has 0 spiro atoms. The van der Waals surface area contributed by atoms with Crippen molar-refractivity contribution in [2.24, 2.45) is 0 Å². The molecule has 0 bridgehead atoms. The van der Waals surface area contributed by atoms with Gasteiger partial charge < -0.3 is 15.0 Å². The molecule has 3 N–H and O–H groups in total. The Hall–Kier alpha value is -1.06. The first-order valence-electron chi connectivity index (χ1n) is 7.19. The van der Waals surface area contributed by atoms with Gasteiger partial charge in [0.05, 0.1) is 13.2 Å². The van der Waals surface area contributed by atoms with Crippen molar-refractivity contribution < 1.29 is 15.0 Å². The van der Waals surface area contributed by atoms with Gasteiger partial charge in [0.25, 0.3) is 0 Å². The Morgan fingerprint density at radius 3 is 2.83 bits per heavy atom. The van der Waals surface area contributed by atoms with Crippen molar-refractivity contribution in [2.75, 3.05) is 39.3 Å². The number of nitrogens with one attached hydrogen (secondary N) is 1. The second kappa shape index (κ2) is 7.39. The zero-order valence-corrected chi connectivity index (χ0v) is 11.5. The summed E-state index contributed by atoms with van der Waals surface area (Å²) in [6.07, 6.45) is 2.45. The van der Waals surface area contributed by atoms with E-state index in [-0.39, 0.29) is 0 Å².